The number of unbranched alkanes of at least 4 members (excludes halogenated alkanes) is 3. The summed E-state index contributed by atoms with van der Waals surface area (Å²) in [7, 11) is 0. The number of carbonyl (C=O) groups excluding carboxylic acids is 1. The molecule has 0 amide bonds. The quantitative estimate of drug-likeness (QED) is 0.495. The minimum absolute atomic E-state index is 0.115. The van der Waals surface area contributed by atoms with Crippen molar-refractivity contribution >= 4 is 16.7 Å². The summed E-state index contributed by atoms with van der Waals surface area (Å²) in [4.78, 5) is 12.8. The van der Waals surface area contributed by atoms with Crippen LogP contribution < -0.4 is 0 Å². The Morgan fingerprint density at radius 3 is 2.52 bits per heavy atom. The third kappa shape index (κ3) is 2.19. The van der Waals surface area contributed by atoms with Gasteiger partial charge in [-0.15, -0.1) is 0 Å². The molecule has 1 aliphatic carbocycles. The topological polar surface area (TPSA) is 34.9 Å². The van der Waals surface area contributed by atoms with Gasteiger partial charge < -0.3 is 0 Å². The van der Waals surface area contributed by atoms with Crippen LogP contribution in [-0.2, 0) is 6.54 Å². The Balaban J connectivity index is 1.85. The summed E-state index contributed by atoms with van der Waals surface area (Å²) >= 11 is 0. The average molecular weight is 304 g/mol. The fourth-order valence-electron chi connectivity index (χ4n) is 3.50. The van der Waals surface area contributed by atoms with Crippen molar-refractivity contribution < 1.29 is 4.79 Å². The van der Waals surface area contributed by atoms with E-state index in [4.69, 9.17) is 5.10 Å². The molecule has 1 heterocycles. The average Bonchev–Trinajstić information content (AvgIpc) is 2.96. The van der Waals surface area contributed by atoms with Crippen LogP contribution in [0.15, 0.2) is 42.5 Å². The monoisotopic (exact) mass is 304 g/mol. The van der Waals surface area contributed by atoms with E-state index in [1.807, 2.05) is 36.4 Å². The first kappa shape index (κ1) is 14.2. The molecular weight excluding hydrogens is 284 g/mol. The summed E-state index contributed by atoms with van der Waals surface area (Å²) < 4.78 is 2.08. The summed E-state index contributed by atoms with van der Waals surface area (Å²) in [6.07, 6.45) is 4.85. The van der Waals surface area contributed by atoms with Crippen molar-refractivity contribution in [3.05, 3.63) is 53.6 Å². The Labute approximate surface area is 135 Å². The molecule has 3 nitrogen and oxygen atoms in total. The molecule has 0 aliphatic heterocycles. The van der Waals surface area contributed by atoms with E-state index < -0.39 is 0 Å². The van der Waals surface area contributed by atoms with Crippen LogP contribution >= 0.6 is 0 Å². The lowest BCUT2D eigenvalue weighted by Crippen LogP contribution is -2.08. The zero-order valence-electron chi connectivity index (χ0n) is 13.4. The normalized spacial score (nSPS) is 12.7. The first-order valence-corrected chi connectivity index (χ1v) is 8.45. The van der Waals surface area contributed by atoms with Crippen molar-refractivity contribution in [2.24, 2.45) is 0 Å². The van der Waals surface area contributed by atoms with Gasteiger partial charge in [-0.05, 0) is 12.5 Å². The van der Waals surface area contributed by atoms with Crippen molar-refractivity contribution in [1.29, 1.82) is 0 Å². The van der Waals surface area contributed by atoms with Gasteiger partial charge in [-0.25, -0.2) is 0 Å². The van der Waals surface area contributed by atoms with E-state index in [1.54, 1.807) is 0 Å². The van der Waals surface area contributed by atoms with Gasteiger partial charge in [-0.1, -0.05) is 62.6 Å². The summed E-state index contributed by atoms with van der Waals surface area (Å²) in [5.74, 6) is 0.115. The molecule has 116 valence electrons. The SMILES string of the molecule is CCCCCCn1nc2c3c(cccc31)C(=O)c1ccccc1-2. The van der Waals surface area contributed by atoms with Crippen molar-refractivity contribution in [2.45, 2.75) is 39.2 Å². The van der Waals surface area contributed by atoms with E-state index in [0.717, 1.165) is 46.3 Å². The van der Waals surface area contributed by atoms with E-state index in [0.29, 0.717) is 0 Å². The first-order valence-electron chi connectivity index (χ1n) is 8.45. The molecule has 2 aromatic carbocycles. The van der Waals surface area contributed by atoms with Crippen LogP contribution in [0, 0.1) is 0 Å². The van der Waals surface area contributed by atoms with E-state index in [1.165, 1.54) is 19.3 Å². The number of ketones is 1. The van der Waals surface area contributed by atoms with Gasteiger partial charge in [-0.3, -0.25) is 9.48 Å². The number of nitrogens with zero attached hydrogens (tertiary/aromatic N) is 2. The highest BCUT2D eigenvalue weighted by Gasteiger charge is 2.28. The first-order chi connectivity index (χ1) is 11.3. The predicted octanol–water partition coefficient (Wildman–Crippen LogP) is 4.83. The molecule has 4 rings (SSSR count). The van der Waals surface area contributed by atoms with Crippen LogP contribution in [-0.4, -0.2) is 15.6 Å². The fraction of sp³-hybridized carbons (Fsp3) is 0.300. The molecule has 0 atom stereocenters. The molecule has 0 radical (unpaired) electrons. The van der Waals surface area contributed by atoms with Crippen LogP contribution in [0.1, 0.15) is 48.5 Å². The summed E-state index contributed by atoms with van der Waals surface area (Å²) in [6, 6.07) is 13.8. The Morgan fingerprint density at radius 1 is 0.913 bits per heavy atom. The minimum Gasteiger partial charge on any atom is -0.289 e. The maximum atomic E-state index is 12.8. The molecular formula is C20H20N2O. The molecule has 0 saturated heterocycles. The molecule has 1 aromatic heterocycles. The van der Waals surface area contributed by atoms with Gasteiger partial charge in [0.05, 0.1) is 5.52 Å². The Hall–Kier alpha value is -2.42. The maximum Gasteiger partial charge on any atom is 0.194 e. The molecule has 0 N–H and O–H groups in total. The molecule has 3 heteroatoms. The predicted molar refractivity (Wildman–Crippen MR) is 92.7 cm³/mol. The fourth-order valence-corrected chi connectivity index (χ4v) is 3.50. The van der Waals surface area contributed by atoms with E-state index in [-0.39, 0.29) is 5.78 Å². The number of hydrogen-bond donors (Lipinski definition) is 0. The van der Waals surface area contributed by atoms with Crippen molar-refractivity contribution in [3.63, 3.8) is 0 Å². The van der Waals surface area contributed by atoms with Crippen LogP contribution in [0.5, 0.6) is 0 Å². The molecule has 0 fully saturated rings. The third-order valence-electron chi connectivity index (χ3n) is 4.67. The van der Waals surface area contributed by atoms with Crippen LogP contribution in [0.2, 0.25) is 0 Å². The van der Waals surface area contributed by atoms with Crippen LogP contribution in [0.3, 0.4) is 0 Å². The number of benzene rings is 2. The van der Waals surface area contributed by atoms with Crippen molar-refractivity contribution in [3.8, 4) is 11.3 Å². The third-order valence-corrected chi connectivity index (χ3v) is 4.67. The van der Waals surface area contributed by atoms with Gasteiger partial charge in [-0.2, -0.15) is 5.10 Å². The number of carbonyl (C=O) groups is 1. The second-order valence-corrected chi connectivity index (χ2v) is 6.21. The maximum absolute atomic E-state index is 12.8. The number of aromatic nitrogens is 2. The van der Waals surface area contributed by atoms with Gasteiger partial charge in [0.15, 0.2) is 5.78 Å². The molecule has 23 heavy (non-hydrogen) atoms. The molecule has 0 unspecified atom stereocenters. The molecule has 1 aliphatic rings. The van der Waals surface area contributed by atoms with Gasteiger partial charge in [0, 0.05) is 28.6 Å². The molecule has 0 spiro atoms. The zero-order chi connectivity index (χ0) is 15.8. The standard InChI is InChI=1S/C20H20N2O/c1-2-3-4-7-13-22-17-12-8-11-16-18(17)19(21-22)14-9-5-6-10-15(14)20(16)23/h5-6,8-12H,2-4,7,13H2,1H3. The lowest BCUT2D eigenvalue weighted by molar-refractivity contribution is 0.104. The summed E-state index contributed by atoms with van der Waals surface area (Å²) in [5, 5.41) is 5.88. The largest absolute Gasteiger partial charge is 0.289 e. The van der Waals surface area contributed by atoms with E-state index in [2.05, 4.69) is 17.7 Å². The van der Waals surface area contributed by atoms with Gasteiger partial charge >= 0.3 is 0 Å². The van der Waals surface area contributed by atoms with Gasteiger partial charge in [0.1, 0.15) is 5.69 Å². The van der Waals surface area contributed by atoms with E-state index in [9.17, 15) is 4.79 Å². The van der Waals surface area contributed by atoms with Crippen molar-refractivity contribution in [2.75, 3.05) is 0 Å². The summed E-state index contributed by atoms with van der Waals surface area (Å²) in [6.45, 7) is 3.13. The molecule has 3 aromatic rings. The second kappa shape index (κ2) is 5.65. The lowest BCUT2D eigenvalue weighted by atomic mass is 9.87. The van der Waals surface area contributed by atoms with Gasteiger partial charge in [0.25, 0.3) is 0 Å². The number of hydrogen-bond acceptors (Lipinski definition) is 2. The van der Waals surface area contributed by atoms with Crippen molar-refractivity contribution in [1.82, 2.24) is 9.78 Å². The van der Waals surface area contributed by atoms with Gasteiger partial charge in [0.2, 0.25) is 0 Å². The second-order valence-electron chi connectivity index (χ2n) is 6.21. The smallest absolute Gasteiger partial charge is 0.194 e. The highest BCUT2D eigenvalue weighted by molar-refractivity contribution is 6.24. The zero-order valence-corrected chi connectivity index (χ0v) is 13.4. The Morgan fingerprint density at radius 2 is 1.70 bits per heavy atom. The Bertz CT molecular complexity index is 892. The number of aryl methyl sites for hydroxylation is 1. The van der Waals surface area contributed by atoms with Crippen LogP contribution in [0.25, 0.3) is 22.2 Å². The number of fused-ring (bicyclic) bond motifs is 2. The highest BCUT2D eigenvalue weighted by Crippen LogP contribution is 2.38. The van der Waals surface area contributed by atoms with Crippen LogP contribution in [0.4, 0.5) is 0 Å². The lowest BCUT2D eigenvalue weighted by Gasteiger charge is -2.13. The summed E-state index contributed by atoms with van der Waals surface area (Å²) in [5.41, 5.74) is 4.56. The minimum atomic E-state index is 0.115. The highest BCUT2D eigenvalue weighted by atomic mass is 16.1. The Kier molecular flexibility index (Phi) is 3.49. The van der Waals surface area contributed by atoms with E-state index >= 15 is 0 Å². The number of rotatable bonds is 5. The molecule has 0 bridgehead atoms. The molecule has 0 saturated carbocycles.